The second-order valence-corrected chi connectivity index (χ2v) is 5.30. The van der Waals surface area contributed by atoms with Crippen LogP contribution in [-0.4, -0.2) is 15.0 Å². The first-order valence-corrected chi connectivity index (χ1v) is 6.68. The number of hydrogen-bond donors (Lipinski definition) is 0. The summed E-state index contributed by atoms with van der Waals surface area (Å²) in [5, 5.41) is 0.303. The van der Waals surface area contributed by atoms with E-state index in [1.54, 1.807) is 7.05 Å². The molecular formula is C11H9ClFNO2S. The Kier molecular flexibility index (Phi) is 3.05. The molecule has 2 aromatic rings. The minimum Gasteiger partial charge on any atom is -0.334 e. The summed E-state index contributed by atoms with van der Waals surface area (Å²) in [5.74, 6) is -0.509. The Morgan fingerprint density at radius 3 is 2.65 bits per heavy atom. The largest absolute Gasteiger partial charge is 0.334 e. The smallest absolute Gasteiger partial charge is 0.207 e. The minimum atomic E-state index is -1.51. The summed E-state index contributed by atoms with van der Waals surface area (Å²) in [5.41, 5.74) is 0.0269. The van der Waals surface area contributed by atoms with Gasteiger partial charge >= 0.3 is 0 Å². The molecule has 0 spiro atoms. The molecule has 0 amide bonds. The fourth-order valence-corrected chi connectivity index (χ4v) is 2.95. The molecule has 0 aliphatic carbocycles. The fourth-order valence-electron chi connectivity index (χ4n) is 1.71. The lowest BCUT2D eigenvalue weighted by molar-refractivity contribution is 0.629. The van der Waals surface area contributed by atoms with Gasteiger partial charge in [0.2, 0.25) is 5.43 Å². The summed E-state index contributed by atoms with van der Waals surface area (Å²) in [7, 11) is 0.125. The Balaban J connectivity index is 3.06. The Morgan fingerprint density at radius 1 is 1.41 bits per heavy atom. The average Bonchev–Trinajstić information content (AvgIpc) is 2.26. The molecule has 0 fully saturated rings. The Morgan fingerprint density at radius 2 is 2.06 bits per heavy atom. The molecule has 0 aliphatic heterocycles. The first-order valence-electron chi connectivity index (χ1n) is 4.74. The molecule has 0 N–H and O–H groups in total. The molecule has 0 radical (unpaired) electrons. The van der Waals surface area contributed by atoms with Crippen LogP contribution in [0.3, 0.4) is 0 Å². The number of aromatic nitrogens is 1. The van der Waals surface area contributed by atoms with Crippen LogP contribution in [0.5, 0.6) is 0 Å². The van der Waals surface area contributed by atoms with E-state index in [9.17, 15) is 13.4 Å². The number of halogens is 2. The maximum atomic E-state index is 13.1. The lowest BCUT2D eigenvalue weighted by atomic mass is 10.2. The van der Waals surface area contributed by atoms with E-state index in [0.29, 0.717) is 5.52 Å². The molecule has 1 aromatic carbocycles. The normalized spacial score (nSPS) is 12.9. The first kappa shape index (κ1) is 12.3. The summed E-state index contributed by atoms with van der Waals surface area (Å²) in [4.78, 5) is 12.0. The number of aryl methyl sites for hydroxylation is 1. The van der Waals surface area contributed by atoms with Gasteiger partial charge < -0.3 is 4.57 Å². The monoisotopic (exact) mass is 273 g/mol. The van der Waals surface area contributed by atoms with E-state index in [1.807, 2.05) is 0 Å². The molecule has 0 bridgehead atoms. The van der Waals surface area contributed by atoms with Crippen LogP contribution in [0.2, 0.25) is 5.15 Å². The highest BCUT2D eigenvalue weighted by Crippen LogP contribution is 2.21. The summed E-state index contributed by atoms with van der Waals surface area (Å²) in [6.07, 6.45) is 1.37. The minimum absolute atomic E-state index is 0.00673. The van der Waals surface area contributed by atoms with E-state index < -0.39 is 22.0 Å². The number of pyridine rings is 1. The highest BCUT2D eigenvalue weighted by molar-refractivity contribution is 7.84. The van der Waals surface area contributed by atoms with Crippen molar-refractivity contribution in [2.75, 3.05) is 6.26 Å². The second kappa shape index (κ2) is 4.23. The number of nitrogens with zero attached hydrogens (tertiary/aromatic N) is 1. The molecule has 90 valence electrons. The third-order valence-electron chi connectivity index (χ3n) is 2.54. The van der Waals surface area contributed by atoms with Crippen molar-refractivity contribution in [1.82, 2.24) is 4.57 Å². The van der Waals surface area contributed by atoms with Crippen LogP contribution in [0.15, 0.2) is 27.9 Å². The van der Waals surface area contributed by atoms with E-state index >= 15 is 0 Å². The number of rotatable bonds is 1. The number of benzene rings is 1. The third-order valence-corrected chi connectivity index (χ3v) is 4.05. The van der Waals surface area contributed by atoms with Crippen molar-refractivity contribution in [3.8, 4) is 0 Å². The second-order valence-electron chi connectivity index (χ2n) is 3.62. The maximum Gasteiger partial charge on any atom is 0.207 e. The van der Waals surface area contributed by atoms with Crippen LogP contribution in [0, 0.1) is 5.82 Å². The van der Waals surface area contributed by atoms with Crippen LogP contribution in [0.4, 0.5) is 4.39 Å². The molecule has 0 saturated heterocycles. The molecule has 1 atom stereocenters. The number of hydrogen-bond acceptors (Lipinski definition) is 2. The van der Waals surface area contributed by atoms with Crippen molar-refractivity contribution in [3.63, 3.8) is 0 Å². The van der Waals surface area contributed by atoms with Gasteiger partial charge in [0.25, 0.3) is 0 Å². The quantitative estimate of drug-likeness (QED) is 0.746. The molecule has 1 aromatic heterocycles. The Hall–Kier alpha value is -1.20. The highest BCUT2D eigenvalue weighted by Gasteiger charge is 2.16. The van der Waals surface area contributed by atoms with Gasteiger partial charge in [-0.05, 0) is 18.2 Å². The van der Waals surface area contributed by atoms with Gasteiger partial charge in [0.05, 0.1) is 16.3 Å². The van der Waals surface area contributed by atoms with E-state index in [4.69, 9.17) is 11.6 Å². The van der Waals surface area contributed by atoms with Gasteiger partial charge in [-0.2, -0.15) is 0 Å². The molecule has 0 saturated carbocycles. The molecular weight excluding hydrogens is 265 g/mol. The maximum absolute atomic E-state index is 13.1. The van der Waals surface area contributed by atoms with Crippen LogP contribution in [-0.2, 0) is 17.8 Å². The van der Waals surface area contributed by atoms with Crippen molar-refractivity contribution in [3.05, 3.63) is 39.4 Å². The molecule has 1 heterocycles. The van der Waals surface area contributed by atoms with Crippen LogP contribution in [0.1, 0.15) is 0 Å². The Labute approximate surface area is 104 Å². The van der Waals surface area contributed by atoms with Crippen molar-refractivity contribution in [2.24, 2.45) is 7.05 Å². The standard InChI is InChI=1S/C11H9ClFNO2S/c1-14-8-4-3-6(13)5-7(8)9(15)10(11(14)12)17(2)16/h3-5H,1-2H3. The van der Waals surface area contributed by atoms with Gasteiger partial charge in [0.1, 0.15) is 15.9 Å². The van der Waals surface area contributed by atoms with Crippen LogP contribution >= 0.6 is 11.6 Å². The molecule has 17 heavy (non-hydrogen) atoms. The topological polar surface area (TPSA) is 39.1 Å². The lowest BCUT2D eigenvalue weighted by Gasteiger charge is -2.10. The SMILES string of the molecule is Cn1c(Cl)c(S(C)=O)c(=O)c2cc(F)ccc21. The lowest BCUT2D eigenvalue weighted by Crippen LogP contribution is -2.16. The zero-order valence-electron chi connectivity index (χ0n) is 9.16. The van der Waals surface area contributed by atoms with Gasteiger partial charge in [0.15, 0.2) is 0 Å². The average molecular weight is 274 g/mol. The number of fused-ring (bicyclic) bond motifs is 1. The molecule has 6 heteroatoms. The van der Waals surface area contributed by atoms with Gasteiger partial charge in [-0.25, -0.2) is 4.39 Å². The first-order chi connectivity index (χ1) is 7.93. The molecule has 3 nitrogen and oxygen atoms in total. The van der Waals surface area contributed by atoms with E-state index in [2.05, 4.69) is 0 Å². The van der Waals surface area contributed by atoms with Gasteiger partial charge in [0, 0.05) is 18.7 Å². The summed E-state index contributed by atoms with van der Waals surface area (Å²) in [6.45, 7) is 0. The Bertz CT molecular complexity index is 696. The van der Waals surface area contributed by atoms with Gasteiger partial charge in [-0.3, -0.25) is 9.00 Å². The van der Waals surface area contributed by atoms with Crippen molar-refractivity contribution in [2.45, 2.75) is 4.90 Å². The summed E-state index contributed by atoms with van der Waals surface area (Å²) >= 11 is 5.99. The van der Waals surface area contributed by atoms with Gasteiger partial charge in [-0.15, -0.1) is 0 Å². The van der Waals surface area contributed by atoms with Crippen molar-refractivity contribution in [1.29, 1.82) is 0 Å². The van der Waals surface area contributed by atoms with E-state index in [0.717, 1.165) is 6.07 Å². The fraction of sp³-hybridized carbons (Fsp3) is 0.182. The summed E-state index contributed by atoms with van der Waals surface area (Å²) in [6, 6.07) is 3.85. The zero-order valence-corrected chi connectivity index (χ0v) is 10.7. The predicted molar refractivity (Wildman–Crippen MR) is 66.5 cm³/mol. The summed E-state index contributed by atoms with van der Waals surface area (Å²) < 4.78 is 26.1. The van der Waals surface area contributed by atoms with E-state index in [1.165, 1.54) is 23.0 Å². The van der Waals surface area contributed by atoms with Gasteiger partial charge in [-0.1, -0.05) is 11.6 Å². The zero-order chi connectivity index (χ0) is 12.7. The van der Waals surface area contributed by atoms with Crippen molar-refractivity contribution < 1.29 is 8.60 Å². The van der Waals surface area contributed by atoms with E-state index in [-0.39, 0.29) is 15.4 Å². The predicted octanol–water partition coefficient (Wildman–Crippen LogP) is 2.07. The van der Waals surface area contributed by atoms with Crippen LogP contribution < -0.4 is 5.43 Å². The molecule has 2 rings (SSSR count). The highest BCUT2D eigenvalue weighted by atomic mass is 35.5. The molecule has 0 aliphatic rings. The molecule has 1 unspecified atom stereocenters. The van der Waals surface area contributed by atoms with Crippen molar-refractivity contribution >= 4 is 33.3 Å². The van der Waals surface area contributed by atoms with Crippen LogP contribution in [0.25, 0.3) is 10.9 Å². The third kappa shape index (κ3) is 1.89.